The zero-order chi connectivity index (χ0) is 19.2. The normalized spacial score (nSPS) is 10.5. The summed E-state index contributed by atoms with van der Waals surface area (Å²) in [5.74, 6) is 1.83. The number of methoxy groups -OCH3 is 2. The number of aromatic nitrogens is 3. The fraction of sp³-hybridized carbons (Fsp3) is 0.211. The van der Waals surface area contributed by atoms with Gasteiger partial charge < -0.3 is 14.8 Å². The molecule has 0 saturated heterocycles. The second-order valence-electron chi connectivity index (χ2n) is 5.75. The molecule has 0 spiro atoms. The number of carbonyl (C=O) groups is 1. The third kappa shape index (κ3) is 4.77. The van der Waals surface area contributed by atoms with Crippen LogP contribution in [0, 0.1) is 0 Å². The highest BCUT2D eigenvalue weighted by molar-refractivity contribution is 6.30. The number of pyridine rings is 1. The second kappa shape index (κ2) is 8.55. The Kier molecular flexibility index (Phi) is 5.93. The molecule has 27 heavy (non-hydrogen) atoms. The summed E-state index contributed by atoms with van der Waals surface area (Å²) >= 11 is 5.85. The van der Waals surface area contributed by atoms with E-state index in [9.17, 15) is 4.79 Å². The van der Waals surface area contributed by atoms with Crippen LogP contribution in [0.3, 0.4) is 0 Å². The van der Waals surface area contributed by atoms with Crippen molar-refractivity contribution in [2.24, 2.45) is 0 Å². The van der Waals surface area contributed by atoms with Gasteiger partial charge in [0.25, 0.3) is 0 Å². The molecular formula is C19H19ClN4O3. The number of nitrogens with one attached hydrogen (secondary N) is 1. The van der Waals surface area contributed by atoms with E-state index in [2.05, 4.69) is 15.4 Å². The highest BCUT2D eigenvalue weighted by Crippen LogP contribution is 2.28. The molecule has 0 aliphatic heterocycles. The first-order chi connectivity index (χ1) is 13.1. The Hall–Kier alpha value is -3.06. The molecule has 1 N–H and O–H groups in total. The van der Waals surface area contributed by atoms with Crippen molar-refractivity contribution in [3.05, 3.63) is 59.5 Å². The number of carbonyl (C=O) groups excluding carboxylic acids is 1. The van der Waals surface area contributed by atoms with Gasteiger partial charge in [-0.3, -0.25) is 4.79 Å². The van der Waals surface area contributed by atoms with E-state index in [1.165, 1.54) is 6.20 Å². The second-order valence-corrected chi connectivity index (χ2v) is 6.18. The van der Waals surface area contributed by atoms with Gasteiger partial charge in [-0.2, -0.15) is 5.10 Å². The summed E-state index contributed by atoms with van der Waals surface area (Å²) in [6.07, 6.45) is 5.70. The molecule has 3 aromatic rings. The number of hydrogen-bond donors (Lipinski definition) is 1. The molecule has 2 aromatic heterocycles. The van der Waals surface area contributed by atoms with E-state index in [1.807, 2.05) is 18.2 Å². The smallest absolute Gasteiger partial charge is 0.224 e. The van der Waals surface area contributed by atoms with Crippen LogP contribution in [0.4, 0.5) is 5.69 Å². The van der Waals surface area contributed by atoms with Gasteiger partial charge in [0.1, 0.15) is 0 Å². The molecule has 0 saturated carbocycles. The lowest BCUT2D eigenvalue weighted by atomic mass is 10.1. The van der Waals surface area contributed by atoms with Crippen LogP contribution in [0.15, 0.2) is 48.9 Å². The number of rotatable bonds is 7. The molecule has 8 heteroatoms. The van der Waals surface area contributed by atoms with Crippen molar-refractivity contribution >= 4 is 23.2 Å². The lowest BCUT2D eigenvalue weighted by Crippen LogP contribution is -2.12. The summed E-state index contributed by atoms with van der Waals surface area (Å²) in [6.45, 7) is 0. The first-order valence-electron chi connectivity index (χ1n) is 8.26. The molecule has 0 aliphatic rings. The number of benzene rings is 1. The first-order valence-corrected chi connectivity index (χ1v) is 8.64. The Labute approximate surface area is 161 Å². The molecular weight excluding hydrogens is 368 g/mol. The van der Waals surface area contributed by atoms with Gasteiger partial charge in [-0.05, 0) is 36.2 Å². The van der Waals surface area contributed by atoms with E-state index in [0.717, 1.165) is 5.56 Å². The zero-order valence-corrected chi connectivity index (χ0v) is 15.7. The third-order valence-electron chi connectivity index (χ3n) is 3.91. The van der Waals surface area contributed by atoms with Crippen molar-refractivity contribution in [3.8, 4) is 17.3 Å². The van der Waals surface area contributed by atoms with Gasteiger partial charge in [-0.1, -0.05) is 17.7 Å². The molecule has 1 aromatic carbocycles. The van der Waals surface area contributed by atoms with E-state index < -0.39 is 0 Å². The molecule has 0 aliphatic carbocycles. The Balaban J connectivity index is 1.56. The molecule has 0 bridgehead atoms. The van der Waals surface area contributed by atoms with Gasteiger partial charge in [0, 0.05) is 6.42 Å². The number of amides is 1. The highest BCUT2D eigenvalue weighted by Gasteiger charge is 2.08. The topological polar surface area (TPSA) is 78.3 Å². The van der Waals surface area contributed by atoms with Gasteiger partial charge in [0.2, 0.25) is 5.91 Å². The Morgan fingerprint density at radius 1 is 1.15 bits per heavy atom. The minimum Gasteiger partial charge on any atom is -0.493 e. The summed E-state index contributed by atoms with van der Waals surface area (Å²) in [6, 6.07) is 9.15. The minimum absolute atomic E-state index is 0.0959. The minimum atomic E-state index is -0.0959. The number of aryl methyl sites for hydroxylation is 1. The monoisotopic (exact) mass is 386 g/mol. The molecule has 2 heterocycles. The number of ether oxygens (including phenoxy) is 2. The van der Waals surface area contributed by atoms with Crippen molar-refractivity contribution in [1.82, 2.24) is 14.8 Å². The van der Waals surface area contributed by atoms with Gasteiger partial charge in [0.05, 0.1) is 43.5 Å². The van der Waals surface area contributed by atoms with Gasteiger partial charge in [0.15, 0.2) is 17.3 Å². The predicted molar refractivity (Wildman–Crippen MR) is 103 cm³/mol. The number of nitrogens with zero attached hydrogens (tertiary/aromatic N) is 3. The quantitative estimate of drug-likeness (QED) is 0.672. The fourth-order valence-electron chi connectivity index (χ4n) is 2.54. The van der Waals surface area contributed by atoms with Crippen LogP contribution in [0.1, 0.15) is 12.0 Å². The molecule has 3 rings (SSSR count). The average Bonchev–Trinajstić information content (AvgIpc) is 3.13. The molecule has 0 atom stereocenters. The van der Waals surface area contributed by atoms with Crippen LogP contribution in [0.2, 0.25) is 5.02 Å². The predicted octanol–water partition coefficient (Wildman–Crippen LogP) is 3.51. The number of anilines is 1. The van der Waals surface area contributed by atoms with Crippen LogP contribution in [-0.4, -0.2) is 34.9 Å². The molecule has 7 nitrogen and oxygen atoms in total. The SMILES string of the molecule is COc1ccc(CCC(=O)Nc2ccc(-n3cc(Cl)cn3)nc2)cc1OC. The molecule has 140 valence electrons. The van der Waals surface area contributed by atoms with Crippen molar-refractivity contribution < 1.29 is 14.3 Å². The van der Waals surface area contributed by atoms with E-state index >= 15 is 0 Å². The average molecular weight is 387 g/mol. The lowest BCUT2D eigenvalue weighted by molar-refractivity contribution is -0.116. The third-order valence-corrected chi connectivity index (χ3v) is 4.10. The molecule has 1 amide bonds. The summed E-state index contributed by atoms with van der Waals surface area (Å²) in [4.78, 5) is 16.5. The largest absolute Gasteiger partial charge is 0.493 e. The van der Waals surface area contributed by atoms with Crippen LogP contribution < -0.4 is 14.8 Å². The van der Waals surface area contributed by atoms with Crippen LogP contribution in [0.5, 0.6) is 11.5 Å². The van der Waals surface area contributed by atoms with Gasteiger partial charge in [-0.15, -0.1) is 0 Å². The molecule has 0 unspecified atom stereocenters. The maximum atomic E-state index is 12.2. The van der Waals surface area contributed by atoms with Crippen LogP contribution in [-0.2, 0) is 11.2 Å². The van der Waals surface area contributed by atoms with Crippen molar-refractivity contribution in [2.45, 2.75) is 12.8 Å². The number of halogens is 1. The fourth-order valence-corrected chi connectivity index (χ4v) is 2.68. The molecule has 0 fully saturated rings. The lowest BCUT2D eigenvalue weighted by Gasteiger charge is -2.10. The van der Waals surface area contributed by atoms with Gasteiger partial charge >= 0.3 is 0 Å². The summed E-state index contributed by atoms with van der Waals surface area (Å²) in [7, 11) is 3.17. The van der Waals surface area contributed by atoms with E-state index in [-0.39, 0.29) is 5.91 Å². The Bertz CT molecular complexity index is 925. The zero-order valence-electron chi connectivity index (χ0n) is 15.0. The van der Waals surface area contributed by atoms with Crippen LogP contribution >= 0.6 is 11.6 Å². The first kappa shape index (κ1) is 18.7. The standard InChI is InChI=1S/C19H19ClN4O3/c1-26-16-6-3-13(9-17(16)27-2)4-8-19(25)23-15-5-7-18(21-11-15)24-12-14(20)10-22-24/h3,5-7,9-12H,4,8H2,1-2H3,(H,23,25). The van der Waals surface area contributed by atoms with Crippen molar-refractivity contribution in [1.29, 1.82) is 0 Å². The van der Waals surface area contributed by atoms with E-state index in [4.69, 9.17) is 21.1 Å². The Morgan fingerprint density at radius 3 is 2.59 bits per heavy atom. The highest BCUT2D eigenvalue weighted by atomic mass is 35.5. The Morgan fingerprint density at radius 2 is 1.96 bits per heavy atom. The maximum Gasteiger partial charge on any atom is 0.224 e. The van der Waals surface area contributed by atoms with E-state index in [1.54, 1.807) is 43.4 Å². The maximum absolute atomic E-state index is 12.2. The van der Waals surface area contributed by atoms with Crippen molar-refractivity contribution in [2.75, 3.05) is 19.5 Å². The van der Waals surface area contributed by atoms with Gasteiger partial charge in [-0.25, -0.2) is 9.67 Å². The summed E-state index contributed by atoms with van der Waals surface area (Å²) in [5, 5.41) is 7.45. The van der Waals surface area contributed by atoms with Crippen molar-refractivity contribution in [3.63, 3.8) is 0 Å². The molecule has 0 radical (unpaired) electrons. The van der Waals surface area contributed by atoms with E-state index in [0.29, 0.717) is 40.9 Å². The van der Waals surface area contributed by atoms with Crippen LogP contribution in [0.25, 0.3) is 5.82 Å². The number of hydrogen-bond acceptors (Lipinski definition) is 5. The summed E-state index contributed by atoms with van der Waals surface area (Å²) < 4.78 is 12.1. The summed E-state index contributed by atoms with van der Waals surface area (Å²) in [5.41, 5.74) is 1.61.